The lowest BCUT2D eigenvalue weighted by Gasteiger charge is -2.31. The summed E-state index contributed by atoms with van der Waals surface area (Å²) >= 11 is 0. The molecule has 2 aliphatic heterocycles. The molecular weight excluding hydrogens is 353 g/mol. The van der Waals surface area contributed by atoms with Gasteiger partial charge in [0.25, 0.3) is 0 Å². The zero-order valence-electron chi connectivity index (χ0n) is 13.6. The third-order valence-corrected chi connectivity index (χ3v) is 4.90. The van der Waals surface area contributed by atoms with Gasteiger partial charge in [-0.25, -0.2) is 9.97 Å². The lowest BCUT2D eigenvalue weighted by molar-refractivity contribution is -0.188. The van der Waals surface area contributed by atoms with Gasteiger partial charge in [-0.05, 0) is 0 Å². The molecule has 2 aromatic rings. The van der Waals surface area contributed by atoms with Crippen molar-refractivity contribution in [3.8, 4) is 0 Å². The van der Waals surface area contributed by atoms with Crippen LogP contribution >= 0.6 is 7.60 Å². The van der Waals surface area contributed by atoms with E-state index in [9.17, 15) is 9.46 Å². The molecule has 4 heterocycles. The molecule has 2 unspecified atom stereocenters. The fraction of sp³-hybridized carbons (Fsp3) is 0.615. The molecular formula is C13H18N5O6P. The molecule has 0 spiro atoms. The van der Waals surface area contributed by atoms with Crippen LogP contribution in [0.5, 0.6) is 0 Å². The Morgan fingerprint density at radius 2 is 2.36 bits per heavy atom. The van der Waals surface area contributed by atoms with Crippen molar-refractivity contribution < 1.29 is 28.2 Å². The topological polar surface area (TPSA) is 144 Å². The molecule has 5 atom stereocenters. The number of nitrogen functional groups attached to an aromatic ring is 1. The van der Waals surface area contributed by atoms with Crippen molar-refractivity contribution in [2.75, 3.05) is 32.7 Å². The largest absolute Gasteiger partial charge is 0.381 e. The molecule has 136 valence electrons. The van der Waals surface area contributed by atoms with E-state index >= 15 is 0 Å². The van der Waals surface area contributed by atoms with Crippen LogP contribution in [0.4, 0.5) is 5.95 Å². The highest BCUT2D eigenvalue weighted by Crippen LogP contribution is 2.52. The number of hydrogen-bond donors (Lipinski definition) is 2. The maximum absolute atomic E-state index is 11.8. The Morgan fingerprint density at radius 3 is 3.08 bits per heavy atom. The summed E-state index contributed by atoms with van der Waals surface area (Å²) < 4.78 is 36.0. The molecule has 0 saturated carbocycles. The van der Waals surface area contributed by atoms with Gasteiger partial charge in [0, 0.05) is 13.8 Å². The van der Waals surface area contributed by atoms with E-state index < -0.39 is 31.6 Å². The first-order chi connectivity index (χ1) is 11.8. The van der Waals surface area contributed by atoms with Crippen molar-refractivity contribution >= 4 is 24.7 Å². The van der Waals surface area contributed by atoms with Crippen molar-refractivity contribution in [2.45, 2.75) is 24.0 Å². The van der Waals surface area contributed by atoms with E-state index in [1.807, 2.05) is 0 Å². The second-order valence-corrected chi connectivity index (χ2v) is 8.02. The molecule has 2 aliphatic rings. The van der Waals surface area contributed by atoms with Gasteiger partial charge in [0.15, 0.2) is 11.9 Å². The normalized spacial score (nSPS) is 33.8. The van der Waals surface area contributed by atoms with Crippen LogP contribution in [-0.2, 0) is 23.3 Å². The monoisotopic (exact) mass is 371 g/mol. The number of methoxy groups -OCH3 is 1. The molecule has 0 amide bonds. The summed E-state index contributed by atoms with van der Waals surface area (Å²) in [5.41, 5.74) is 5.69. The molecule has 4 rings (SSSR count). The Labute approximate surface area is 142 Å². The van der Waals surface area contributed by atoms with Gasteiger partial charge >= 0.3 is 7.60 Å². The van der Waals surface area contributed by atoms with E-state index in [1.54, 1.807) is 4.57 Å². The Hall–Kier alpha value is -1.62. The maximum atomic E-state index is 11.8. The number of hydrogen-bond acceptors (Lipinski definition) is 9. The summed E-state index contributed by atoms with van der Waals surface area (Å²) in [6.45, 7) is 1.46. The SMILES string of the molecule is COC[C@]12CO[C@@H](C1OP(C)(=O)O)[C@H](n1cnc3cnc(N)nc31)O2. The van der Waals surface area contributed by atoms with E-state index in [4.69, 9.17) is 24.5 Å². The number of ether oxygens (including phenoxy) is 3. The Balaban J connectivity index is 1.74. The number of aromatic nitrogens is 4. The summed E-state index contributed by atoms with van der Waals surface area (Å²) in [5.74, 6) is 0.103. The predicted molar refractivity (Wildman–Crippen MR) is 84.8 cm³/mol. The summed E-state index contributed by atoms with van der Waals surface area (Å²) in [6, 6.07) is 0. The highest BCUT2D eigenvalue weighted by molar-refractivity contribution is 7.51. The van der Waals surface area contributed by atoms with Gasteiger partial charge in [0.05, 0.1) is 25.7 Å². The van der Waals surface area contributed by atoms with Crippen molar-refractivity contribution in [2.24, 2.45) is 0 Å². The predicted octanol–water partition coefficient (Wildman–Crippen LogP) is -0.0783. The minimum absolute atomic E-state index is 0.103. The van der Waals surface area contributed by atoms with E-state index in [0.29, 0.717) is 11.2 Å². The first-order valence-electron chi connectivity index (χ1n) is 7.55. The van der Waals surface area contributed by atoms with E-state index in [1.165, 1.54) is 19.6 Å². The van der Waals surface area contributed by atoms with Crippen LogP contribution in [0.3, 0.4) is 0 Å². The standard InChI is InChI=1S/C13H18N5O6P/c1-21-4-13-5-22-8(9(13)24-25(2,19)20)11(23-13)18-6-16-7-3-15-12(14)17-10(7)18/h3,6,8-9,11H,4-5H2,1-2H3,(H,19,20)(H2,14,15,17)/t8-,9?,11+,13-/m0/s1. The number of nitrogens with two attached hydrogens (primary N) is 1. The van der Waals surface area contributed by atoms with Gasteiger partial charge in [-0.3, -0.25) is 13.7 Å². The van der Waals surface area contributed by atoms with E-state index in [0.717, 1.165) is 6.66 Å². The summed E-state index contributed by atoms with van der Waals surface area (Å²) in [6.07, 6.45) is 1.00. The van der Waals surface area contributed by atoms with Crippen LogP contribution in [0.2, 0.25) is 0 Å². The van der Waals surface area contributed by atoms with Gasteiger partial charge in [-0.15, -0.1) is 0 Å². The minimum Gasteiger partial charge on any atom is -0.381 e. The second kappa shape index (κ2) is 5.70. The second-order valence-electron chi connectivity index (χ2n) is 6.20. The number of anilines is 1. The number of fused-ring (bicyclic) bond motifs is 3. The van der Waals surface area contributed by atoms with E-state index in [2.05, 4.69) is 15.0 Å². The van der Waals surface area contributed by atoms with Crippen LogP contribution in [0.15, 0.2) is 12.5 Å². The highest BCUT2D eigenvalue weighted by Gasteiger charge is 2.64. The van der Waals surface area contributed by atoms with Gasteiger partial charge < -0.3 is 24.8 Å². The minimum atomic E-state index is -3.76. The van der Waals surface area contributed by atoms with Crippen LogP contribution in [0, 0.1) is 0 Å². The number of imidazole rings is 1. The van der Waals surface area contributed by atoms with Crippen molar-refractivity contribution in [1.29, 1.82) is 0 Å². The summed E-state index contributed by atoms with van der Waals surface area (Å²) in [7, 11) is -2.25. The number of rotatable bonds is 5. The molecule has 2 saturated heterocycles. The third kappa shape index (κ3) is 2.73. The zero-order chi connectivity index (χ0) is 17.8. The molecule has 25 heavy (non-hydrogen) atoms. The van der Waals surface area contributed by atoms with Crippen molar-refractivity contribution in [3.63, 3.8) is 0 Å². The smallest absolute Gasteiger partial charge is 0.325 e. The molecule has 11 nitrogen and oxygen atoms in total. The molecule has 2 aromatic heterocycles. The van der Waals surface area contributed by atoms with Gasteiger partial charge in [-0.2, -0.15) is 4.98 Å². The average molecular weight is 371 g/mol. The molecule has 0 aromatic carbocycles. The lowest BCUT2D eigenvalue weighted by atomic mass is 10.0. The molecule has 0 radical (unpaired) electrons. The highest BCUT2D eigenvalue weighted by atomic mass is 31.2. The molecule has 12 heteroatoms. The Morgan fingerprint density at radius 1 is 1.56 bits per heavy atom. The molecule has 2 bridgehead atoms. The fourth-order valence-corrected chi connectivity index (χ4v) is 4.09. The lowest BCUT2D eigenvalue weighted by Crippen LogP contribution is -2.45. The van der Waals surface area contributed by atoms with Crippen molar-refractivity contribution in [1.82, 2.24) is 19.5 Å². The zero-order valence-corrected chi connectivity index (χ0v) is 14.5. The van der Waals surface area contributed by atoms with Gasteiger partial charge in [-0.1, -0.05) is 0 Å². The molecule has 2 fully saturated rings. The Kier molecular flexibility index (Phi) is 3.83. The summed E-state index contributed by atoms with van der Waals surface area (Å²) in [5, 5.41) is 0. The first kappa shape index (κ1) is 16.8. The average Bonchev–Trinajstić information content (AvgIpc) is 3.16. The quantitative estimate of drug-likeness (QED) is 0.685. The Bertz CT molecular complexity index is 855. The number of nitrogens with zero attached hydrogens (tertiary/aromatic N) is 4. The van der Waals surface area contributed by atoms with Crippen molar-refractivity contribution in [3.05, 3.63) is 12.5 Å². The van der Waals surface area contributed by atoms with Crippen LogP contribution in [0.25, 0.3) is 11.2 Å². The third-order valence-electron chi connectivity index (χ3n) is 4.28. The molecule has 3 N–H and O–H groups in total. The summed E-state index contributed by atoms with van der Waals surface area (Å²) in [4.78, 5) is 22.0. The van der Waals surface area contributed by atoms with Crippen LogP contribution in [0.1, 0.15) is 6.23 Å². The molecule has 0 aliphatic carbocycles. The van der Waals surface area contributed by atoms with Gasteiger partial charge in [0.1, 0.15) is 23.3 Å². The first-order valence-corrected chi connectivity index (χ1v) is 9.57. The van der Waals surface area contributed by atoms with Gasteiger partial charge in [0.2, 0.25) is 5.95 Å². The fourth-order valence-electron chi connectivity index (χ4n) is 3.36. The van der Waals surface area contributed by atoms with E-state index in [-0.39, 0.29) is 19.2 Å². The maximum Gasteiger partial charge on any atom is 0.325 e. The van der Waals surface area contributed by atoms with Crippen LogP contribution in [-0.4, -0.2) is 69.2 Å². The van der Waals surface area contributed by atoms with Crippen LogP contribution < -0.4 is 5.73 Å².